The lowest BCUT2D eigenvalue weighted by atomic mass is 9.76. The fourth-order valence-corrected chi connectivity index (χ4v) is 3.48. The van der Waals surface area contributed by atoms with Crippen LogP contribution in [0.25, 0.3) is 0 Å². The van der Waals surface area contributed by atoms with Crippen molar-refractivity contribution in [2.24, 2.45) is 23.7 Å². The predicted molar refractivity (Wildman–Crippen MR) is 98.0 cm³/mol. The second-order valence-electron chi connectivity index (χ2n) is 8.69. The Balaban J connectivity index is 2.47. The summed E-state index contributed by atoms with van der Waals surface area (Å²) in [6.45, 7) is 15.9. The number of ether oxygens (including phenoxy) is 1. The smallest absolute Gasteiger partial charge is 0.410 e. The summed E-state index contributed by atoms with van der Waals surface area (Å²) in [6, 6.07) is 0. The number of amides is 1. The predicted octanol–water partition coefficient (Wildman–Crippen LogP) is 3.12. The molecule has 0 aliphatic carbocycles. The molecular formula is C19H38N2O3. The van der Waals surface area contributed by atoms with Gasteiger partial charge in [-0.15, -0.1) is 0 Å². The first-order valence-corrected chi connectivity index (χ1v) is 9.43. The highest BCUT2D eigenvalue weighted by Crippen LogP contribution is 2.32. The van der Waals surface area contributed by atoms with Gasteiger partial charge in [0, 0.05) is 19.7 Å². The first-order valence-electron chi connectivity index (χ1n) is 9.43. The Morgan fingerprint density at radius 2 is 2.04 bits per heavy atom. The molecule has 1 heterocycles. The molecule has 5 nitrogen and oxygen atoms in total. The van der Waals surface area contributed by atoms with Crippen molar-refractivity contribution in [1.82, 2.24) is 10.2 Å². The molecule has 1 aliphatic heterocycles. The second kappa shape index (κ2) is 9.62. The first kappa shape index (κ1) is 21.2. The summed E-state index contributed by atoms with van der Waals surface area (Å²) in [5.41, 5.74) is -0.452. The van der Waals surface area contributed by atoms with Gasteiger partial charge in [-0.05, 0) is 70.4 Å². The van der Waals surface area contributed by atoms with Crippen molar-refractivity contribution in [1.29, 1.82) is 0 Å². The normalized spacial score (nSPS) is 23.4. The van der Waals surface area contributed by atoms with Crippen molar-refractivity contribution in [3.05, 3.63) is 0 Å². The molecule has 142 valence electrons. The largest absolute Gasteiger partial charge is 0.444 e. The van der Waals surface area contributed by atoms with Crippen molar-refractivity contribution in [2.45, 2.75) is 60.0 Å². The van der Waals surface area contributed by atoms with Crippen LogP contribution in [0.15, 0.2) is 0 Å². The molecule has 1 saturated heterocycles. The van der Waals surface area contributed by atoms with Crippen LogP contribution >= 0.6 is 0 Å². The molecule has 1 fully saturated rings. The van der Waals surface area contributed by atoms with E-state index in [1.54, 1.807) is 0 Å². The molecule has 0 radical (unpaired) electrons. The van der Waals surface area contributed by atoms with Gasteiger partial charge in [-0.1, -0.05) is 20.8 Å². The molecule has 1 rings (SSSR count). The summed E-state index contributed by atoms with van der Waals surface area (Å²) in [5.74, 6) is 1.80. The van der Waals surface area contributed by atoms with E-state index < -0.39 is 5.60 Å². The van der Waals surface area contributed by atoms with E-state index in [1.807, 2.05) is 25.7 Å². The molecule has 0 spiro atoms. The number of hydrogen-bond acceptors (Lipinski definition) is 4. The van der Waals surface area contributed by atoms with Gasteiger partial charge in [0.1, 0.15) is 5.60 Å². The fourth-order valence-electron chi connectivity index (χ4n) is 3.48. The standard InChI is InChI=1S/C19H38N2O3/c1-14(2)11-20-9-7-16(13-22)17-8-10-21(12-15(17)3)18(23)24-19(4,5)6/h14-17,20,22H,7-13H2,1-6H3. The minimum atomic E-state index is -0.452. The van der Waals surface area contributed by atoms with E-state index in [-0.39, 0.29) is 12.7 Å². The lowest BCUT2D eigenvalue weighted by Gasteiger charge is -2.40. The summed E-state index contributed by atoms with van der Waals surface area (Å²) >= 11 is 0. The summed E-state index contributed by atoms with van der Waals surface area (Å²) in [7, 11) is 0. The monoisotopic (exact) mass is 342 g/mol. The van der Waals surface area contributed by atoms with Gasteiger partial charge in [0.15, 0.2) is 0 Å². The Labute approximate surface area is 148 Å². The number of likely N-dealkylation sites (tertiary alicyclic amines) is 1. The maximum Gasteiger partial charge on any atom is 0.410 e. The zero-order valence-corrected chi connectivity index (χ0v) is 16.5. The van der Waals surface area contributed by atoms with Crippen LogP contribution in [-0.2, 0) is 4.74 Å². The SMILES string of the molecule is CC(C)CNCCC(CO)C1CCN(C(=O)OC(C)(C)C)CC1C. The summed E-state index contributed by atoms with van der Waals surface area (Å²) in [4.78, 5) is 14.0. The maximum atomic E-state index is 12.2. The Morgan fingerprint density at radius 1 is 1.38 bits per heavy atom. The number of piperidine rings is 1. The quantitative estimate of drug-likeness (QED) is 0.698. The first-order chi connectivity index (χ1) is 11.1. The van der Waals surface area contributed by atoms with Crippen LogP contribution in [0, 0.1) is 23.7 Å². The van der Waals surface area contributed by atoms with Crippen molar-refractivity contribution in [3.63, 3.8) is 0 Å². The van der Waals surface area contributed by atoms with Crippen LogP contribution in [0.1, 0.15) is 54.4 Å². The van der Waals surface area contributed by atoms with Crippen molar-refractivity contribution < 1.29 is 14.6 Å². The third kappa shape index (κ3) is 7.39. The average Bonchev–Trinajstić information content (AvgIpc) is 2.46. The molecule has 3 atom stereocenters. The number of nitrogens with one attached hydrogen (secondary N) is 1. The molecule has 0 aromatic rings. The number of aliphatic hydroxyl groups is 1. The maximum absolute atomic E-state index is 12.2. The Morgan fingerprint density at radius 3 is 2.54 bits per heavy atom. The van der Waals surface area contributed by atoms with Crippen LogP contribution in [0.5, 0.6) is 0 Å². The van der Waals surface area contributed by atoms with E-state index in [0.717, 1.165) is 39.0 Å². The molecule has 2 N–H and O–H groups in total. The van der Waals surface area contributed by atoms with Gasteiger partial charge in [-0.3, -0.25) is 0 Å². The molecule has 0 saturated carbocycles. The van der Waals surface area contributed by atoms with Gasteiger partial charge in [-0.25, -0.2) is 4.79 Å². The molecule has 24 heavy (non-hydrogen) atoms. The number of carbonyl (C=O) groups is 1. The molecular weight excluding hydrogens is 304 g/mol. The van der Waals surface area contributed by atoms with E-state index in [2.05, 4.69) is 26.1 Å². The van der Waals surface area contributed by atoms with E-state index in [0.29, 0.717) is 23.7 Å². The molecule has 0 aromatic carbocycles. The van der Waals surface area contributed by atoms with Crippen molar-refractivity contribution in [2.75, 3.05) is 32.8 Å². The zero-order chi connectivity index (χ0) is 18.3. The van der Waals surface area contributed by atoms with Crippen LogP contribution in [0.3, 0.4) is 0 Å². The van der Waals surface area contributed by atoms with Gasteiger partial charge in [-0.2, -0.15) is 0 Å². The highest BCUT2D eigenvalue weighted by atomic mass is 16.6. The highest BCUT2D eigenvalue weighted by Gasteiger charge is 2.34. The van der Waals surface area contributed by atoms with Crippen molar-refractivity contribution >= 4 is 6.09 Å². The average molecular weight is 343 g/mol. The zero-order valence-electron chi connectivity index (χ0n) is 16.5. The molecule has 3 unspecified atom stereocenters. The van der Waals surface area contributed by atoms with Gasteiger partial charge in [0.25, 0.3) is 0 Å². The van der Waals surface area contributed by atoms with Crippen LogP contribution in [-0.4, -0.2) is 54.5 Å². The van der Waals surface area contributed by atoms with Gasteiger partial charge in [0.2, 0.25) is 0 Å². The van der Waals surface area contributed by atoms with E-state index in [9.17, 15) is 9.90 Å². The minimum absolute atomic E-state index is 0.216. The molecule has 0 aromatic heterocycles. The van der Waals surface area contributed by atoms with Crippen molar-refractivity contribution in [3.8, 4) is 0 Å². The Hall–Kier alpha value is -0.810. The van der Waals surface area contributed by atoms with E-state index in [4.69, 9.17) is 4.74 Å². The lowest BCUT2D eigenvalue weighted by molar-refractivity contribution is 0.00271. The van der Waals surface area contributed by atoms with Gasteiger partial charge >= 0.3 is 6.09 Å². The van der Waals surface area contributed by atoms with Crippen LogP contribution < -0.4 is 5.32 Å². The van der Waals surface area contributed by atoms with Gasteiger partial charge < -0.3 is 20.1 Å². The number of carbonyl (C=O) groups excluding carboxylic acids is 1. The topological polar surface area (TPSA) is 61.8 Å². The van der Waals surface area contributed by atoms with E-state index >= 15 is 0 Å². The third-order valence-corrected chi connectivity index (χ3v) is 4.71. The number of rotatable bonds is 7. The number of nitrogens with zero attached hydrogens (tertiary/aromatic N) is 1. The summed E-state index contributed by atoms with van der Waals surface area (Å²) < 4.78 is 5.48. The Kier molecular flexibility index (Phi) is 8.51. The molecule has 1 aliphatic rings. The highest BCUT2D eigenvalue weighted by molar-refractivity contribution is 5.68. The number of hydrogen-bond donors (Lipinski definition) is 2. The molecule has 5 heteroatoms. The van der Waals surface area contributed by atoms with Crippen LogP contribution in [0.2, 0.25) is 0 Å². The molecule has 1 amide bonds. The second-order valence-corrected chi connectivity index (χ2v) is 8.69. The van der Waals surface area contributed by atoms with E-state index in [1.165, 1.54) is 0 Å². The fraction of sp³-hybridized carbons (Fsp3) is 0.947. The Bertz CT molecular complexity index is 379. The minimum Gasteiger partial charge on any atom is -0.444 e. The summed E-state index contributed by atoms with van der Waals surface area (Å²) in [6.07, 6.45) is 1.72. The third-order valence-electron chi connectivity index (χ3n) is 4.71. The van der Waals surface area contributed by atoms with Gasteiger partial charge in [0.05, 0.1) is 0 Å². The lowest BCUT2D eigenvalue weighted by Crippen LogP contribution is -2.47. The molecule has 0 bridgehead atoms. The summed E-state index contributed by atoms with van der Waals surface area (Å²) in [5, 5.41) is 13.3. The number of aliphatic hydroxyl groups excluding tert-OH is 1. The van der Waals surface area contributed by atoms with Crippen LogP contribution in [0.4, 0.5) is 4.79 Å².